The highest BCUT2D eigenvalue weighted by Gasteiger charge is 2.14. The van der Waals surface area contributed by atoms with Crippen molar-refractivity contribution in [2.75, 3.05) is 24.3 Å². The number of ether oxygens (including phenoxy) is 1. The first-order valence-electron chi connectivity index (χ1n) is 9.18. The Kier molecular flexibility index (Phi) is 6.71. The van der Waals surface area contributed by atoms with Gasteiger partial charge in [-0.2, -0.15) is 4.98 Å². The molecule has 3 rings (SSSR count). The van der Waals surface area contributed by atoms with E-state index in [9.17, 15) is 4.39 Å². The summed E-state index contributed by atoms with van der Waals surface area (Å²) in [6.07, 6.45) is 3.02. The van der Waals surface area contributed by atoms with E-state index in [0.29, 0.717) is 29.9 Å². The van der Waals surface area contributed by atoms with Gasteiger partial charge >= 0.3 is 0 Å². The molecule has 0 saturated carbocycles. The van der Waals surface area contributed by atoms with E-state index in [1.165, 1.54) is 12.3 Å². The van der Waals surface area contributed by atoms with Gasteiger partial charge in [-0.05, 0) is 44.4 Å². The summed E-state index contributed by atoms with van der Waals surface area (Å²) in [5.41, 5.74) is 1.51. The van der Waals surface area contributed by atoms with Crippen LogP contribution in [-0.2, 0) is 4.74 Å². The summed E-state index contributed by atoms with van der Waals surface area (Å²) >= 11 is 1.54. The van der Waals surface area contributed by atoms with Gasteiger partial charge < -0.3 is 15.4 Å². The van der Waals surface area contributed by atoms with E-state index in [4.69, 9.17) is 4.74 Å². The SMILES string of the molecule is CCO/C(C)=C/C(=N\C)Nc1nc(N[C@@H](C)c2ccc(F)cn2)nc2ccsc12. The molecular formula is C20H23FN6OS. The van der Waals surface area contributed by atoms with Crippen LogP contribution in [0.1, 0.15) is 32.5 Å². The fourth-order valence-electron chi connectivity index (χ4n) is 2.66. The monoisotopic (exact) mass is 414 g/mol. The van der Waals surface area contributed by atoms with Crippen molar-refractivity contribution >= 4 is 39.2 Å². The van der Waals surface area contributed by atoms with Gasteiger partial charge in [0.2, 0.25) is 5.95 Å². The van der Waals surface area contributed by atoms with Gasteiger partial charge in [-0.25, -0.2) is 9.37 Å². The van der Waals surface area contributed by atoms with Gasteiger partial charge in [0.05, 0.1) is 40.5 Å². The van der Waals surface area contributed by atoms with Crippen molar-refractivity contribution in [3.63, 3.8) is 0 Å². The Bertz CT molecular complexity index is 1030. The van der Waals surface area contributed by atoms with Crippen molar-refractivity contribution in [1.29, 1.82) is 0 Å². The molecule has 0 aliphatic rings. The molecule has 0 aliphatic heterocycles. The molecule has 0 saturated heterocycles. The van der Waals surface area contributed by atoms with Crippen molar-refractivity contribution in [2.45, 2.75) is 26.8 Å². The number of fused-ring (bicyclic) bond motifs is 1. The minimum Gasteiger partial charge on any atom is -0.498 e. The Balaban J connectivity index is 1.87. The smallest absolute Gasteiger partial charge is 0.225 e. The number of nitrogens with one attached hydrogen (secondary N) is 2. The zero-order valence-corrected chi connectivity index (χ0v) is 17.5. The summed E-state index contributed by atoms with van der Waals surface area (Å²) in [4.78, 5) is 17.6. The number of allylic oxidation sites excluding steroid dienone is 1. The third-order valence-corrected chi connectivity index (χ3v) is 4.95. The molecule has 3 aromatic heterocycles. The molecule has 3 heterocycles. The summed E-state index contributed by atoms with van der Waals surface area (Å²) in [5.74, 6) is 2.10. The summed E-state index contributed by atoms with van der Waals surface area (Å²) in [6, 6.07) is 4.76. The molecule has 0 fully saturated rings. The largest absolute Gasteiger partial charge is 0.498 e. The molecule has 0 amide bonds. The van der Waals surface area contributed by atoms with Gasteiger partial charge in [0.25, 0.3) is 0 Å². The maximum Gasteiger partial charge on any atom is 0.225 e. The van der Waals surface area contributed by atoms with E-state index in [0.717, 1.165) is 16.0 Å². The molecular weight excluding hydrogens is 391 g/mol. The molecule has 3 aromatic rings. The number of rotatable bonds is 7. The second-order valence-corrected chi connectivity index (χ2v) is 7.14. The van der Waals surface area contributed by atoms with Crippen LogP contribution in [0.3, 0.4) is 0 Å². The first kappa shape index (κ1) is 20.7. The number of nitrogens with zero attached hydrogens (tertiary/aromatic N) is 4. The third kappa shape index (κ3) is 5.26. The predicted molar refractivity (Wildman–Crippen MR) is 116 cm³/mol. The number of amidine groups is 1. The van der Waals surface area contributed by atoms with E-state index in [1.807, 2.05) is 38.3 Å². The molecule has 152 valence electrons. The Morgan fingerprint density at radius 3 is 2.86 bits per heavy atom. The summed E-state index contributed by atoms with van der Waals surface area (Å²) < 4.78 is 19.5. The summed E-state index contributed by atoms with van der Waals surface area (Å²) in [7, 11) is 1.70. The number of halogens is 1. The summed E-state index contributed by atoms with van der Waals surface area (Å²) in [5, 5.41) is 8.45. The average molecular weight is 415 g/mol. The van der Waals surface area contributed by atoms with Gasteiger partial charge in [-0.15, -0.1) is 11.3 Å². The molecule has 0 spiro atoms. The highest BCUT2D eigenvalue weighted by molar-refractivity contribution is 7.17. The van der Waals surface area contributed by atoms with Gasteiger partial charge in [0.15, 0.2) is 5.82 Å². The van der Waals surface area contributed by atoms with Crippen LogP contribution in [0.25, 0.3) is 10.2 Å². The zero-order valence-electron chi connectivity index (χ0n) is 16.7. The number of hydrogen-bond acceptors (Lipinski definition) is 7. The van der Waals surface area contributed by atoms with Crippen molar-refractivity contribution < 1.29 is 9.13 Å². The average Bonchev–Trinajstić information content (AvgIpc) is 3.17. The summed E-state index contributed by atoms with van der Waals surface area (Å²) in [6.45, 7) is 6.32. The minimum atomic E-state index is -0.370. The van der Waals surface area contributed by atoms with Gasteiger partial charge in [0.1, 0.15) is 11.7 Å². The quantitative estimate of drug-likeness (QED) is 0.329. The number of thiophene rings is 1. The molecule has 0 bridgehead atoms. The van der Waals surface area contributed by atoms with E-state index in [-0.39, 0.29) is 11.9 Å². The predicted octanol–water partition coefficient (Wildman–Crippen LogP) is 4.78. The lowest BCUT2D eigenvalue weighted by Gasteiger charge is -2.15. The van der Waals surface area contributed by atoms with E-state index < -0.39 is 0 Å². The first-order valence-corrected chi connectivity index (χ1v) is 10.1. The van der Waals surface area contributed by atoms with Crippen LogP contribution in [0, 0.1) is 5.82 Å². The molecule has 0 aliphatic carbocycles. The second kappa shape index (κ2) is 9.42. The van der Waals surface area contributed by atoms with Crippen LogP contribution in [0.5, 0.6) is 0 Å². The highest BCUT2D eigenvalue weighted by Crippen LogP contribution is 2.28. The number of hydrogen-bond donors (Lipinski definition) is 2. The van der Waals surface area contributed by atoms with E-state index in [2.05, 4.69) is 30.6 Å². The Morgan fingerprint density at radius 2 is 2.17 bits per heavy atom. The molecule has 0 aromatic carbocycles. The third-order valence-electron chi connectivity index (χ3n) is 4.04. The molecule has 0 radical (unpaired) electrons. The topological polar surface area (TPSA) is 84.3 Å². The van der Waals surface area contributed by atoms with Crippen molar-refractivity contribution in [3.8, 4) is 0 Å². The lowest BCUT2D eigenvalue weighted by molar-refractivity contribution is 0.232. The Morgan fingerprint density at radius 1 is 1.34 bits per heavy atom. The first-order chi connectivity index (χ1) is 14.0. The van der Waals surface area contributed by atoms with Crippen molar-refractivity contribution in [1.82, 2.24) is 15.0 Å². The fraction of sp³-hybridized carbons (Fsp3) is 0.300. The molecule has 0 unspecified atom stereocenters. The lowest BCUT2D eigenvalue weighted by Crippen LogP contribution is -2.15. The number of aliphatic imine (C=N–C) groups is 1. The lowest BCUT2D eigenvalue weighted by atomic mass is 10.2. The van der Waals surface area contributed by atoms with Gasteiger partial charge in [0, 0.05) is 13.1 Å². The van der Waals surface area contributed by atoms with E-state index in [1.54, 1.807) is 24.5 Å². The zero-order chi connectivity index (χ0) is 20.8. The molecule has 2 N–H and O–H groups in total. The van der Waals surface area contributed by atoms with E-state index >= 15 is 0 Å². The van der Waals surface area contributed by atoms with Gasteiger partial charge in [-0.3, -0.25) is 9.98 Å². The molecule has 29 heavy (non-hydrogen) atoms. The molecule has 7 nitrogen and oxygen atoms in total. The standard InChI is InChI=1S/C20H23FN6OS/c1-5-28-12(2)10-17(22-4)26-19-18-16(8-9-29-18)25-20(27-19)24-13(3)15-7-6-14(21)11-23-15/h6-11,13H,5H2,1-4H3,(H2,22,24,25,26,27)/b12-10+/t13-/m0/s1. The van der Waals surface area contributed by atoms with Crippen LogP contribution in [0.2, 0.25) is 0 Å². The van der Waals surface area contributed by atoms with Crippen LogP contribution in [-0.4, -0.2) is 34.4 Å². The number of aromatic nitrogens is 3. The Labute approximate surface area is 172 Å². The fourth-order valence-corrected chi connectivity index (χ4v) is 3.44. The van der Waals surface area contributed by atoms with Crippen LogP contribution in [0.15, 0.2) is 46.6 Å². The highest BCUT2D eigenvalue weighted by atomic mass is 32.1. The molecule has 1 atom stereocenters. The van der Waals surface area contributed by atoms with Gasteiger partial charge in [-0.1, -0.05) is 0 Å². The van der Waals surface area contributed by atoms with Crippen molar-refractivity contribution in [3.05, 3.63) is 53.1 Å². The van der Waals surface area contributed by atoms with Crippen LogP contribution >= 0.6 is 11.3 Å². The van der Waals surface area contributed by atoms with Crippen molar-refractivity contribution in [2.24, 2.45) is 4.99 Å². The number of pyridine rings is 1. The van der Waals surface area contributed by atoms with Crippen LogP contribution in [0.4, 0.5) is 16.2 Å². The minimum absolute atomic E-state index is 0.195. The molecule has 9 heteroatoms. The van der Waals surface area contributed by atoms with Crippen LogP contribution < -0.4 is 10.6 Å². The maximum atomic E-state index is 13.1. The number of anilines is 2. The maximum absolute atomic E-state index is 13.1. The second-order valence-electron chi connectivity index (χ2n) is 6.22. The normalized spacial score (nSPS) is 13.4. The Hall–Kier alpha value is -3.07.